The Balaban J connectivity index is 2.40. The fourth-order valence-corrected chi connectivity index (χ4v) is 2.90. The predicted octanol–water partition coefficient (Wildman–Crippen LogP) is 6.33. The Hall–Kier alpha value is -1.84. The van der Waals surface area contributed by atoms with Crippen LogP contribution >= 0.6 is 0 Å². The van der Waals surface area contributed by atoms with E-state index in [0.29, 0.717) is 17.7 Å². The summed E-state index contributed by atoms with van der Waals surface area (Å²) in [6.45, 7) is 6.67. The van der Waals surface area contributed by atoms with E-state index in [1.807, 2.05) is 6.92 Å². The molecule has 152 valence electrons. The summed E-state index contributed by atoms with van der Waals surface area (Å²) in [6.07, 6.45) is 11.0. The van der Waals surface area contributed by atoms with Crippen LogP contribution in [0, 0.1) is 0 Å². The van der Waals surface area contributed by atoms with Gasteiger partial charge in [0.1, 0.15) is 0 Å². The monoisotopic (exact) mass is 376 g/mol. The van der Waals surface area contributed by atoms with Gasteiger partial charge in [-0.2, -0.15) is 0 Å². The summed E-state index contributed by atoms with van der Waals surface area (Å²) in [5.74, 6) is -0.765. The summed E-state index contributed by atoms with van der Waals surface area (Å²) in [5, 5.41) is 0. The molecule has 4 nitrogen and oxygen atoms in total. The fourth-order valence-electron chi connectivity index (χ4n) is 2.90. The van der Waals surface area contributed by atoms with Gasteiger partial charge in [-0.25, -0.2) is 9.59 Å². The van der Waals surface area contributed by atoms with Crippen LogP contribution < -0.4 is 0 Å². The molecule has 4 heteroatoms. The topological polar surface area (TPSA) is 52.6 Å². The molecule has 1 atom stereocenters. The van der Waals surface area contributed by atoms with E-state index >= 15 is 0 Å². The number of ether oxygens (including phenoxy) is 2. The SMILES string of the molecule is CCCCCCCCOC(=O)c1cccc(C(=O)OC(C)CCCCC)c1. The number of carbonyl (C=O) groups excluding carboxylic acids is 2. The molecule has 0 heterocycles. The van der Waals surface area contributed by atoms with Crippen LogP contribution in [0.25, 0.3) is 0 Å². The third kappa shape index (κ3) is 10.2. The van der Waals surface area contributed by atoms with Crippen LogP contribution in [0.2, 0.25) is 0 Å². The standard InChI is InChI=1S/C23H36O4/c1-4-6-8-9-10-12-17-26-22(24)20-15-13-16-21(18-20)23(25)27-19(3)14-11-7-5-2/h13,15-16,18-19H,4-12,14,17H2,1-3H3. The van der Waals surface area contributed by atoms with Crippen LogP contribution in [0.4, 0.5) is 0 Å². The van der Waals surface area contributed by atoms with Crippen LogP contribution in [-0.4, -0.2) is 24.6 Å². The van der Waals surface area contributed by atoms with E-state index in [-0.39, 0.29) is 18.0 Å². The van der Waals surface area contributed by atoms with Crippen molar-refractivity contribution in [1.82, 2.24) is 0 Å². The van der Waals surface area contributed by atoms with Gasteiger partial charge in [0.2, 0.25) is 0 Å². The number of benzene rings is 1. The van der Waals surface area contributed by atoms with Gasteiger partial charge in [0, 0.05) is 0 Å². The van der Waals surface area contributed by atoms with Gasteiger partial charge in [-0.05, 0) is 44.4 Å². The Morgan fingerprint density at radius 3 is 2.15 bits per heavy atom. The molecule has 0 fully saturated rings. The Kier molecular flexibility index (Phi) is 12.2. The molecule has 0 saturated carbocycles. The summed E-state index contributed by atoms with van der Waals surface area (Å²) in [7, 11) is 0. The van der Waals surface area contributed by atoms with E-state index in [9.17, 15) is 9.59 Å². The lowest BCUT2D eigenvalue weighted by molar-refractivity contribution is 0.0319. The number of carbonyl (C=O) groups is 2. The number of unbranched alkanes of at least 4 members (excludes halogenated alkanes) is 7. The van der Waals surface area contributed by atoms with Gasteiger partial charge in [0.25, 0.3) is 0 Å². The van der Waals surface area contributed by atoms with Gasteiger partial charge in [-0.15, -0.1) is 0 Å². The molecule has 0 spiro atoms. The van der Waals surface area contributed by atoms with Crippen LogP contribution in [0.15, 0.2) is 24.3 Å². The lowest BCUT2D eigenvalue weighted by atomic mass is 10.1. The molecular formula is C23H36O4. The van der Waals surface area contributed by atoms with E-state index in [4.69, 9.17) is 9.47 Å². The highest BCUT2D eigenvalue weighted by Gasteiger charge is 2.15. The molecule has 0 aliphatic carbocycles. The Labute approximate surface area is 164 Å². The average molecular weight is 377 g/mol. The zero-order chi connectivity index (χ0) is 19.9. The van der Waals surface area contributed by atoms with Gasteiger partial charge < -0.3 is 9.47 Å². The second-order valence-corrected chi connectivity index (χ2v) is 7.20. The lowest BCUT2D eigenvalue weighted by Crippen LogP contribution is -2.16. The molecule has 0 aliphatic rings. The lowest BCUT2D eigenvalue weighted by Gasteiger charge is -2.13. The summed E-state index contributed by atoms with van der Waals surface area (Å²) in [6, 6.07) is 6.60. The number of rotatable bonds is 14. The highest BCUT2D eigenvalue weighted by atomic mass is 16.5. The van der Waals surface area contributed by atoms with E-state index in [1.165, 1.54) is 25.7 Å². The van der Waals surface area contributed by atoms with Crippen LogP contribution in [0.3, 0.4) is 0 Å². The predicted molar refractivity (Wildman–Crippen MR) is 109 cm³/mol. The van der Waals surface area contributed by atoms with E-state index in [0.717, 1.165) is 38.5 Å². The number of hydrogen-bond donors (Lipinski definition) is 0. The molecule has 0 saturated heterocycles. The third-order valence-electron chi connectivity index (χ3n) is 4.59. The van der Waals surface area contributed by atoms with Crippen molar-refractivity contribution in [3.8, 4) is 0 Å². The maximum atomic E-state index is 12.3. The van der Waals surface area contributed by atoms with Crippen molar-refractivity contribution in [2.45, 2.75) is 91.1 Å². The van der Waals surface area contributed by atoms with Gasteiger partial charge in [-0.1, -0.05) is 64.9 Å². The Morgan fingerprint density at radius 2 is 1.44 bits per heavy atom. The van der Waals surface area contributed by atoms with Crippen molar-refractivity contribution in [2.24, 2.45) is 0 Å². The molecule has 1 rings (SSSR count). The zero-order valence-corrected chi connectivity index (χ0v) is 17.3. The van der Waals surface area contributed by atoms with Crippen molar-refractivity contribution in [3.63, 3.8) is 0 Å². The second-order valence-electron chi connectivity index (χ2n) is 7.20. The fraction of sp³-hybridized carbons (Fsp3) is 0.652. The molecule has 0 amide bonds. The molecule has 1 aromatic carbocycles. The summed E-state index contributed by atoms with van der Waals surface area (Å²) >= 11 is 0. The average Bonchev–Trinajstić information content (AvgIpc) is 2.67. The maximum Gasteiger partial charge on any atom is 0.338 e. The van der Waals surface area contributed by atoms with Crippen LogP contribution in [0.5, 0.6) is 0 Å². The minimum Gasteiger partial charge on any atom is -0.462 e. The molecule has 1 aromatic rings. The smallest absolute Gasteiger partial charge is 0.338 e. The number of esters is 2. The highest BCUT2D eigenvalue weighted by molar-refractivity contribution is 5.95. The maximum absolute atomic E-state index is 12.3. The number of hydrogen-bond acceptors (Lipinski definition) is 4. The largest absolute Gasteiger partial charge is 0.462 e. The quantitative estimate of drug-likeness (QED) is 0.281. The Bertz CT molecular complexity index is 553. The van der Waals surface area contributed by atoms with Crippen LogP contribution in [0.1, 0.15) is 106 Å². The van der Waals surface area contributed by atoms with Gasteiger partial charge in [0.15, 0.2) is 0 Å². The first-order chi connectivity index (χ1) is 13.1. The normalized spacial score (nSPS) is 11.8. The molecule has 0 N–H and O–H groups in total. The summed E-state index contributed by atoms with van der Waals surface area (Å²) in [4.78, 5) is 24.5. The molecular weight excluding hydrogens is 340 g/mol. The van der Waals surface area contributed by atoms with Crippen molar-refractivity contribution < 1.29 is 19.1 Å². The van der Waals surface area contributed by atoms with Crippen molar-refractivity contribution in [1.29, 1.82) is 0 Å². The van der Waals surface area contributed by atoms with Crippen molar-refractivity contribution >= 4 is 11.9 Å². The van der Waals surface area contributed by atoms with E-state index in [1.54, 1.807) is 24.3 Å². The second kappa shape index (κ2) is 14.2. The third-order valence-corrected chi connectivity index (χ3v) is 4.59. The molecule has 0 radical (unpaired) electrons. The van der Waals surface area contributed by atoms with Crippen molar-refractivity contribution in [3.05, 3.63) is 35.4 Å². The molecule has 1 unspecified atom stereocenters. The minimum atomic E-state index is -0.385. The van der Waals surface area contributed by atoms with Crippen molar-refractivity contribution in [2.75, 3.05) is 6.61 Å². The zero-order valence-electron chi connectivity index (χ0n) is 17.3. The van der Waals surface area contributed by atoms with Crippen LogP contribution in [-0.2, 0) is 9.47 Å². The van der Waals surface area contributed by atoms with Gasteiger partial charge >= 0.3 is 11.9 Å². The first-order valence-electron chi connectivity index (χ1n) is 10.6. The van der Waals surface area contributed by atoms with Gasteiger partial charge in [0.05, 0.1) is 23.8 Å². The minimum absolute atomic E-state index is 0.118. The molecule has 0 aromatic heterocycles. The summed E-state index contributed by atoms with van der Waals surface area (Å²) < 4.78 is 10.8. The first-order valence-corrected chi connectivity index (χ1v) is 10.6. The van der Waals surface area contributed by atoms with Gasteiger partial charge in [-0.3, -0.25) is 0 Å². The highest BCUT2D eigenvalue weighted by Crippen LogP contribution is 2.13. The van der Waals surface area contributed by atoms with E-state index < -0.39 is 0 Å². The molecule has 0 aliphatic heterocycles. The molecule has 27 heavy (non-hydrogen) atoms. The summed E-state index contributed by atoms with van der Waals surface area (Å²) in [5.41, 5.74) is 0.792. The van der Waals surface area contributed by atoms with E-state index in [2.05, 4.69) is 13.8 Å². The Morgan fingerprint density at radius 1 is 0.852 bits per heavy atom. The first kappa shape index (κ1) is 23.2. The molecule has 0 bridgehead atoms.